The molecule has 1 rings (SSSR count). The zero-order valence-electron chi connectivity index (χ0n) is 6.61. The van der Waals surface area contributed by atoms with Crippen LogP contribution in [0.5, 0.6) is 0 Å². The van der Waals surface area contributed by atoms with Crippen LogP contribution in [0.4, 0.5) is 0 Å². The van der Waals surface area contributed by atoms with Gasteiger partial charge in [-0.2, -0.15) is 0 Å². The molecule has 0 unspecified atom stereocenters. The van der Waals surface area contributed by atoms with E-state index < -0.39 is 5.69 Å². The summed E-state index contributed by atoms with van der Waals surface area (Å²) in [5.74, 6) is 0.371. The molecule has 0 fully saturated rings. The number of alkyl halides is 1. The Bertz CT molecular complexity index is 380. The molecule has 4 nitrogen and oxygen atoms in total. The third-order valence-electron chi connectivity index (χ3n) is 1.60. The molecule has 0 saturated carbocycles. The Hall–Kier alpha value is -1.03. The number of aromatic nitrogens is 2. The second-order valence-electron chi connectivity index (χ2n) is 2.45. The van der Waals surface area contributed by atoms with E-state index in [9.17, 15) is 9.59 Å². The second kappa shape index (κ2) is 3.58. The van der Waals surface area contributed by atoms with Crippen molar-refractivity contribution in [3.63, 3.8) is 0 Å². The number of hydrogen-bond donors (Lipinski definition) is 2. The third-order valence-corrected chi connectivity index (χ3v) is 1.79. The van der Waals surface area contributed by atoms with Crippen molar-refractivity contribution in [3.05, 3.63) is 32.1 Å². The fraction of sp³-hybridized carbons (Fsp3) is 0.429. The molecule has 0 spiro atoms. The fourth-order valence-electron chi connectivity index (χ4n) is 1.02. The van der Waals surface area contributed by atoms with Crippen LogP contribution in [0.3, 0.4) is 0 Å². The maximum atomic E-state index is 11.1. The Morgan fingerprint density at radius 3 is 2.50 bits per heavy atom. The Labute approximate surface area is 73.6 Å². The molecule has 0 amide bonds. The zero-order valence-corrected chi connectivity index (χ0v) is 7.36. The van der Waals surface area contributed by atoms with Crippen molar-refractivity contribution in [1.29, 1.82) is 0 Å². The summed E-state index contributed by atoms with van der Waals surface area (Å²) in [6.45, 7) is 1.68. The molecule has 0 aliphatic heterocycles. The smallest absolute Gasteiger partial charge is 0.311 e. The molecule has 0 atom stereocenters. The van der Waals surface area contributed by atoms with E-state index in [2.05, 4.69) is 9.97 Å². The first-order valence-electron chi connectivity index (χ1n) is 3.53. The van der Waals surface area contributed by atoms with Gasteiger partial charge in [-0.1, -0.05) is 0 Å². The van der Waals surface area contributed by atoms with Crippen LogP contribution in [0.15, 0.2) is 9.59 Å². The van der Waals surface area contributed by atoms with Crippen molar-refractivity contribution in [2.75, 3.05) is 5.88 Å². The number of aromatic amines is 2. The molecule has 12 heavy (non-hydrogen) atoms. The lowest BCUT2D eigenvalue weighted by Crippen LogP contribution is -2.27. The third kappa shape index (κ3) is 1.76. The molecule has 0 saturated heterocycles. The summed E-state index contributed by atoms with van der Waals surface area (Å²) in [7, 11) is 0. The van der Waals surface area contributed by atoms with Gasteiger partial charge in [0.05, 0.1) is 0 Å². The van der Waals surface area contributed by atoms with Crippen LogP contribution in [0.25, 0.3) is 0 Å². The van der Waals surface area contributed by atoms with E-state index in [0.717, 1.165) is 0 Å². The Morgan fingerprint density at radius 1 is 1.33 bits per heavy atom. The minimum atomic E-state index is -0.476. The first kappa shape index (κ1) is 9.06. The number of aryl methyl sites for hydroxylation is 1. The molecule has 0 aliphatic carbocycles. The molecule has 5 heteroatoms. The molecular weight excluding hydrogens is 180 g/mol. The molecule has 1 heterocycles. The highest BCUT2D eigenvalue weighted by Gasteiger charge is 2.03. The molecule has 0 aliphatic rings. The normalized spacial score (nSPS) is 10.2. The lowest BCUT2D eigenvalue weighted by Gasteiger charge is -1.99. The summed E-state index contributed by atoms with van der Waals surface area (Å²) in [5.41, 5.74) is 0.307. The second-order valence-corrected chi connectivity index (χ2v) is 2.83. The van der Waals surface area contributed by atoms with E-state index in [-0.39, 0.29) is 5.56 Å². The van der Waals surface area contributed by atoms with E-state index in [1.807, 2.05) is 0 Å². The molecule has 0 radical (unpaired) electrons. The van der Waals surface area contributed by atoms with Crippen molar-refractivity contribution in [1.82, 2.24) is 9.97 Å². The van der Waals surface area contributed by atoms with Gasteiger partial charge >= 0.3 is 5.69 Å². The standard InChI is InChI=1S/C7H9ClN2O2/c1-4-5(2-3-8)6(11)10-7(12)9-4/h2-3H2,1H3,(H2,9,10,11,12). The summed E-state index contributed by atoms with van der Waals surface area (Å²) in [5, 5.41) is 0. The Morgan fingerprint density at radius 2 is 2.00 bits per heavy atom. The van der Waals surface area contributed by atoms with Crippen molar-refractivity contribution in [3.8, 4) is 0 Å². The lowest BCUT2D eigenvalue weighted by molar-refractivity contribution is 0.923. The highest BCUT2D eigenvalue weighted by atomic mass is 35.5. The van der Waals surface area contributed by atoms with Crippen molar-refractivity contribution in [2.24, 2.45) is 0 Å². The Kier molecular flexibility index (Phi) is 2.70. The van der Waals surface area contributed by atoms with Crippen LogP contribution in [-0.2, 0) is 6.42 Å². The van der Waals surface area contributed by atoms with Crippen LogP contribution in [-0.4, -0.2) is 15.8 Å². The number of halogens is 1. The van der Waals surface area contributed by atoms with Gasteiger partial charge in [-0.25, -0.2) is 4.79 Å². The van der Waals surface area contributed by atoms with Crippen LogP contribution >= 0.6 is 11.6 Å². The summed E-state index contributed by atoms with van der Waals surface area (Å²) in [4.78, 5) is 26.5. The average molecular weight is 189 g/mol. The van der Waals surface area contributed by atoms with E-state index in [0.29, 0.717) is 23.6 Å². The van der Waals surface area contributed by atoms with Crippen LogP contribution in [0.1, 0.15) is 11.3 Å². The van der Waals surface area contributed by atoms with Gasteiger partial charge in [0.1, 0.15) is 0 Å². The monoisotopic (exact) mass is 188 g/mol. The number of hydrogen-bond acceptors (Lipinski definition) is 2. The summed E-state index contributed by atoms with van der Waals surface area (Å²) >= 11 is 5.47. The molecular formula is C7H9ClN2O2. The highest BCUT2D eigenvalue weighted by molar-refractivity contribution is 6.17. The quantitative estimate of drug-likeness (QED) is 0.649. The fourth-order valence-corrected chi connectivity index (χ4v) is 1.21. The van der Waals surface area contributed by atoms with Gasteiger partial charge in [-0.3, -0.25) is 9.78 Å². The van der Waals surface area contributed by atoms with E-state index in [4.69, 9.17) is 11.6 Å². The largest absolute Gasteiger partial charge is 0.325 e. The molecule has 1 aromatic heterocycles. The predicted octanol–water partition coefficient (Wildman–Crippen LogP) is 0.153. The van der Waals surface area contributed by atoms with Gasteiger partial charge in [0, 0.05) is 17.1 Å². The van der Waals surface area contributed by atoms with Gasteiger partial charge in [0.2, 0.25) is 0 Å². The van der Waals surface area contributed by atoms with Crippen LogP contribution in [0, 0.1) is 6.92 Å². The maximum absolute atomic E-state index is 11.1. The van der Waals surface area contributed by atoms with Gasteiger partial charge < -0.3 is 4.98 Å². The number of nitrogens with one attached hydrogen (secondary N) is 2. The molecule has 2 N–H and O–H groups in total. The summed E-state index contributed by atoms with van der Waals surface area (Å²) in [6, 6.07) is 0. The zero-order chi connectivity index (χ0) is 9.14. The van der Waals surface area contributed by atoms with Crippen LogP contribution in [0.2, 0.25) is 0 Å². The molecule has 0 aromatic carbocycles. The summed E-state index contributed by atoms with van der Waals surface area (Å²) in [6.07, 6.45) is 0.472. The van der Waals surface area contributed by atoms with Crippen molar-refractivity contribution >= 4 is 11.6 Å². The number of H-pyrrole nitrogens is 2. The average Bonchev–Trinajstić information content (AvgIpc) is 1.96. The van der Waals surface area contributed by atoms with Crippen molar-refractivity contribution < 1.29 is 0 Å². The molecule has 1 aromatic rings. The van der Waals surface area contributed by atoms with E-state index in [1.54, 1.807) is 6.92 Å². The van der Waals surface area contributed by atoms with Gasteiger partial charge in [0.15, 0.2) is 0 Å². The topological polar surface area (TPSA) is 65.7 Å². The minimum Gasteiger partial charge on any atom is -0.311 e. The maximum Gasteiger partial charge on any atom is 0.325 e. The van der Waals surface area contributed by atoms with Gasteiger partial charge in [-0.05, 0) is 13.3 Å². The molecule has 66 valence electrons. The van der Waals surface area contributed by atoms with E-state index in [1.165, 1.54) is 0 Å². The SMILES string of the molecule is Cc1[nH]c(=O)[nH]c(=O)c1CCCl. The first-order valence-corrected chi connectivity index (χ1v) is 4.06. The number of rotatable bonds is 2. The minimum absolute atomic E-state index is 0.350. The van der Waals surface area contributed by atoms with Gasteiger partial charge in [-0.15, -0.1) is 11.6 Å². The predicted molar refractivity (Wildman–Crippen MR) is 46.8 cm³/mol. The molecule has 0 bridgehead atoms. The van der Waals surface area contributed by atoms with Crippen molar-refractivity contribution in [2.45, 2.75) is 13.3 Å². The lowest BCUT2D eigenvalue weighted by atomic mass is 10.2. The van der Waals surface area contributed by atoms with Gasteiger partial charge in [0.25, 0.3) is 5.56 Å². The van der Waals surface area contributed by atoms with E-state index >= 15 is 0 Å². The Balaban J connectivity index is 3.29. The summed E-state index contributed by atoms with van der Waals surface area (Å²) < 4.78 is 0. The first-order chi connectivity index (χ1) is 5.65. The highest BCUT2D eigenvalue weighted by Crippen LogP contribution is 1.96. The van der Waals surface area contributed by atoms with Crippen LogP contribution < -0.4 is 11.2 Å².